The molecule has 1 N–H and O–H groups in total. The zero-order chi connectivity index (χ0) is 20.4. The van der Waals surface area contributed by atoms with E-state index in [0.717, 1.165) is 43.4 Å². The van der Waals surface area contributed by atoms with Crippen molar-refractivity contribution in [2.75, 3.05) is 26.2 Å². The lowest BCUT2D eigenvalue weighted by Gasteiger charge is -2.38. The van der Waals surface area contributed by atoms with Crippen molar-refractivity contribution in [2.24, 2.45) is 0 Å². The van der Waals surface area contributed by atoms with Crippen LogP contribution in [0.3, 0.4) is 0 Å². The van der Waals surface area contributed by atoms with Gasteiger partial charge >= 0.3 is 0 Å². The number of likely N-dealkylation sites (tertiary alicyclic amines) is 1. The van der Waals surface area contributed by atoms with E-state index in [0.29, 0.717) is 29.0 Å². The van der Waals surface area contributed by atoms with E-state index in [1.807, 2.05) is 18.2 Å². The van der Waals surface area contributed by atoms with Crippen molar-refractivity contribution in [3.05, 3.63) is 53.6 Å². The summed E-state index contributed by atoms with van der Waals surface area (Å²) < 4.78 is 28.1. The first-order valence-electron chi connectivity index (χ1n) is 10.2. The monoisotopic (exact) mass is 434 g/mol. The normalized spacial score (nSPS) is 22.2. The number of nitrogens with zero attached hydrogens (tertiary/aromatic N) is 2. The molecule has 2 fully saturated rings. The standard InChI is InChI=1S/C22H27ClN2O3S/c23-19-8-6-17(7-9-19)18-3-1-5-22(15-18)29(27,28)24-13-10-20(11-14-24)25-12-2-4-21(25)16-26/h1,3,5-9,15,20-21,26H,2,4,10-14,16H2/t21-/m1/s1. The Morgan fingerprint density at radius 2 is 1.69 bits per heavy atom. The minimum Gasteiger partial charge on any atom is -0.395 e. The number of hydrogen-bond acceptors (Lipinski definition) is 4. The fourth-order valence-electron chi connectivity index (χ4n) is 4.58. The van der Waals surface area contributed by atoms with Gasteiger partial charge in [0.25, 0.3) is 0 Å². The van der Waals surface area contributed by atoms with E-state index in [9.17, 15) is 13.5 Å². The van der Waals surface area contributed by atoms with E-state index in [1.54, 1.807) is 34.6 Å². The van der Waals surface area contributed by atoms with E-state index in [1.165, 1.54) is 0 Å². The Labute approximate surface area is 178 Å². The molecule has 0 aromatic heterocycles. The molecule has 2 aliphatic heterocycles. The highest BCUT2D eigenvalue weighted by atomic mass is 35.5. The minimum atomic E-state index is -3.53. The summed E-state index contributed by atoms with van der Waals surface area (Å²) in [5.74, 6) is 0. The molecule has 2 heterocycles. The Morgan fingerprint density at radius 3 is 2.38 bits per heavy atom. The zero-order valence-corrected chi connectivity index (χ0v) is 17.9. The van der Waals surface area contributed by atoms with Gasteiger partial charge in [-0.15, -0.1) is 0 Å². The summed E-state index contributed by atoms with van der Waals surface area (Å²) in [7, 11) is -3.53. The second kappa shape index (κ2) is 8.74. The van der Waals surface area contributed by atoms with Gasteiger partial charge in [-0.2, -0.15) is 4.31 Å². The Kier molecular flexibility index (Phi) is 6.27. The maximum Gasteiger partial charge on any atom is 0.243 e. The van der Waals surface area contributed by atoms with Crippen LogP contribution in [-0.4, -0.2) is 61.1 Å². The summed E-state index contributed by atoms with van der Waals surface area (Å²) in [6, 6.07) is 15.1. The molecule has 29 heavy (non-hydrogen) atoms. The van der Waals surface area contributed by atoms with Crippen LogP contribution in [0.5, 0.6) is 0 Å². The van der Waals surface area contributed by atoms with Gasteiger partial charge in [-0.1, -0.05) is 35.9 Å². The summed E-state index contributed by atoms with van der Waals surface area (Å²) in [6.45, 7) is 2.24. The largest absolute Gasteiger partial charge is 0.395 e. The number of hydrogen-bond donors (Lipinski definition) is 1. The number of aliphatic hydroxyl groups is 1. The van der Waals surface area contributed by atoms with Gasteiger partial charge < -0.3 is 5.11 Å². The second-order valence-electron chi connectivity index (χ2n) is 7.89. The Hall–Kier alpha value is -1.44. The molecule has 2 aromatic rings. The number of benzene rings is 2. The lowest BCUT2D eigenvalue weighted by atomic mass is 10.0. The number of aliphatic hydroxyl groups excluding tert-OH is 1. The van der Waals surface area contributed by atoms with Gasteiger partial charge in [0.15, 0.2) is 0 Å². The third-order valence-corrected chi connectivity index (χ3v) is 8.32. The molecule has 0 radical (unpaired) electrons. The van der Waals surface area contributed by atoms with Crippen LogP contribution < -0.4 is 0 Å². The highest BCUT2D eigenvalue weighted by Gasteiger charge is 2.35. The highest BCUT2D eigenvalue weighted by molar-refractivity contribution is 7.89. The number of halogens is 1. The smallest absolute Gasteiger partial charge is 0.243 e. The topological polar surface area (TPSA) is 60.9 Å². The Morgan fingerprint density at radius 1 is 0.966 bits per heavy atom. The van der Waals surface area contributed by atoms with Gasteiger partial charge in [0, 0.05) is 30.2 Å². The summed E-state index contributed by atoms with van der Waals surface area (Å²) in [5.41, 5.74) is 1.80. The first-order chi connectivity index (χ1) is 14.0. The second-order valence-corrected chi connectivity index (χ2v) is 10.3. The maximum absolute atomic E-state index is 13.2. The predicted molar refractivity (Wildman–Crippen MR) is 115 cm³/mol. The Balaban J connectivity index is 1.48. The number of rotatable bonds is 5. The highest BCUT2D eigenvalue weighted by Crippen LogP contribution is 2.30. The van der Waals surface area contributed by atoms with Gasteiger partial charge in [0.2, 0.25) is 10.0 Å². The van der Waals surface area contributed by atoms with Crippen LogP contribution in [0.25, 0.3) is 11.1 Å². The van der Waals surface area contributed by atoms with Crippen LogP contribution >= 0.6 is 11.6 Å². The third kappa shape index (κ3) is 4.37. The first-order valence-corrected chi connectivity index (χ1v) is 12.0. The summed E-state index contributed by atoms with van der Waals surface area (Å²) in [6.07, 6.45) is 3.77. The quantitative estimate of drug-likeness (QED) is 0.780. The molecule has 0 saturated carbocycles. The van der Waals surface area contributed by atoms with Crippen molar-refractivity contribution < 1.29 is 13.5 Å². The number of sulfonamides is 1. The molecule has 5 nitrogen and oxygen atoms in total. The molecule has 2 aromatic carbocycles. The molecule has 2 saturated heterocycles. The van der Waals surface area contributed by atoms with Crippen molar-refractivity contribution in [2.45, 2.75) is 42.7 Å². The average molecular weight is 435 g/mol. The van der Waals surface area contributed by atoms with Gasteiger partial charge in [-0.3, -0.25) is 4.90 Å². The zero-order valence-electron chi connectivity index (χ0n) is 16.4. The van der Waals surface area contributed by atoms with E-state index in [4.69, 9.17) is 11.6 Å². The van der Waals surface area contributed by atoms with E-state index >= 15 is 0 Å². The summed E-state index contributed by atoms with van der Waals surface area (Å²) >= 11 is 5.96. The lowest BCUT2D eigenvalue weighted by molar-refractivity contribution is 0.0899. The minimum absolute atomic E-state index is 0.190. The van der Waals surface area contributed by atoms with Crippen LogP contribution in [0, 0.1) is 0 Å². The van der Waals surface area contributed by atoms with Crippen LogP contribution in [-0.2, 0) is 10.0 Å². The molecule has 4 rings (SSSR count). The fraction of sp³-hybridized carbons (Fsp3) is 0.455. The van der Waals surface area contributed by atoms with Crippen molar-refractivity contribution in [3.8, 4) is 11.1 Å². The average Bonchev–Trinajstić information content (AvgIpc) is 3.23. The Bertz CT molecular complexity index is 941. The first kappa shape index (κ1) is 20.8. The molecule has 0 bridgehead atoms. The maximum atomic E-state index is 13.2. The number of piperidine rings is 1. The van der Waals surface area contributed by atoms with Crippen LogP contribution in [0.4, 0.5) is 0 Å². The van der Waals surface area contributed by atoms with Gasteiger partial charge in [-0.05, 0) is 67.6 Å². The van der Waals surface area contributed by atoms with Crippen molar-refractivity contribution >= 4 is 21.6 Å². The third-order valence-electron chi connectivity index (χ3n) is 6.18. The van der Waals surface area contributed by atoms with Gasteiger partial charge in [-0.25, -0.2) is 8.42 Å². The summed E-state index contributed by atoms with van der Waals surface area (Å²) in [5, 5.41) is 10.2. The van der Waals surface area contributed by atoms with Crippen LogP contribution in [0.2, 0.25) is 5.02 Å². The van der Waals surface area contributed by atoms with Crippen LogP contribution in [0.1, 0.15) is 25.7 Å². The molecule has 0 unspecified atom stereocenters. The van der Waals surface area contributed by atoms with Crippen molar-refractivity contribution in [1.29, 1.82) is 0 Å². The van der Waals surface area contributed by atoms with E-state index in [2.05, 4.69) is 4.90 Å². The lowest BCUT2D eigenvalue weighted by Crippen LogP contribution is -2.48. The van der Waals surface area contributed by atoms with Gasteiger partial charge in [0.05, 0.1) is 11.5 Å². The molecular formula is C22H27ClN2O3S. The predicted octanol–water partition coefficient (Wildman–Crippen LogP) is 3.62. The van der Waals surface area contributed by atoms with Gasteiger partial charge in [0.1, 0.15) is 0 Å². The molecule has 1 atom stereocenters. The van der Waals surface area contributed by atoms with E-state index < -0.39 is 10.0 Å². The fourth-order valence-corrected chi connectivity index (χ4v) is 6.22. The molecular weight excluding hydrogens is 408 g/mol. The van der Waals surface area contributed by atoms with E-state index in [-0.39, 0.29) is 12.6 Å². The molecule has 0 aliphatic carbocycles. The summed E-state index contributed by atoms with van der Waals surface area (Å²) in [4.78, 5) is 2.71. The van der Waals surface area contributed by atoms with Crippen LogP contribution in [0.15, 0.2) is 53.4 Å². The van der Waals surface area contributed by atoms with Crippen molar-refractivity contribution in [1.82, 2.24) is 9.21 Å². The molecule has 0 amide bonds. The molecule has 156 valence electrons. The van der Waals surface area contributed by atoms with Crippen molar-refractivity contribution in [3.63, 3.8) is 0 Å². The molecule has 0 spiro atoms. The SMILES string of the molecule is O=S(=O)(c1cccc(-c2ccc(Cl)cc2)c1)N1CCC(N2CCC[C@@H]2CO)CC1. The molecule has 7 heteroatoms. The molecule has 2 aliphatic rings.